The minimum absolute atomic E-state index is 0.0627. The number of carbonyl (C=O) groups excluding carboxylic acids is 1. The molecule has 0 amide bonds. The lowest BCUT2D eigenvalue weighted by molar-refractivity contribution is 0.0980. The highest BCUT2D eigenvalue weighted by atomic mass is 16.5. The second-order valence-electron chi connectivity index (χ2n) is 4.93. The molecule has 2 aromatic carbocycles. The monoisotopic (exact) mass is 286 g/mol. The van der Waals surface area contributed by atoms with Gasteiger partial charge in [0.1, 0.15) is 17.2 Å². The Labute approximate surface area is 123 Å². The van der Waals surface area contributed by atoms with Crippen LogP contribution in [0.25, 0.3) is 0 Å². The molecule has 0 aliphatic rings. The topological polar surface area (TPSA) is 66.8 Å². The predicted molar refractivity (Wildman–Crippen MR) is 80.2 cm³/mol. The number of ether oxygens (including phenoxy) is 1. The van der Waals surface area contributed by atoms with Gasteiger partial charge in [-0.05, 0) is 42.7 Å². The van der Waals surface area contributed by atoms with E-state index in [1.54, 1.807) is 7.11 Å². The van der Waals surface area contributed by atoms with Gasteiger partial charge in [0.25, 0.3) is 0 Å². The molecule has 0 aliphatic heterocycles. The Morgan fingerprint density at radius 3 is 2.57 bits per heavy atom. The summed E-state index contributed by atoms with van der Waals surface area (Å²) in [5, 5.41) is 18.9. The number of hydrogen-bond donors (Lipinski definition) is 2. The number of carbonyl (C=O) groups is 1. The van der Waals surface area contributed by atoms with Gasteiger partial charge in [0.05, 0.1) is 12.7 Å². The van der Waals surface area contributed by atoms with Crippen molar-refractivity contribution in [2.45, 2.75) is 19.8 Å². The fraction of sp³-hybridized carbons (Fsp3) is 0.235. The minimum atomic E-state index is -0.193. The first kappa shape index (κ1) is 14.9. The van der Waals surface area contributed by atoms with Gasteiger partial charge in [-0.15, -0.1) is 0 Å². The van der Waals surface area contributed by atoms with Gasteiger partial charge in [0.2, 0.25) is 0 Å². The molecule has 0 aromatic heterocycles. The molecule has 0 fully saturated rings. The number of Topliss-reactive ketones (excluding diaryl/α,β-unsaturated/α-hetero) is 1. The molecule has 2 aromatic rings. The standard InChI is InChI=1S/C17H18O4/c1-11-3-4-12(9-17(11)21-2)5-8-15(19)14-7-6-13(18)10-16(14)20/h3-4,6-7,9-10,18,20H,5,8H2,1-2H3. The molecule has 0 saturated carbocycles. The largest absolute Gasteiger partial charge is 0.508 e. The van der Waals surface area contributed by atoms with E-state index in [4.69, 9.17) is 4.74 Å². The first-order valence-corrected chi connectivity index (χ1v) is 6.70. The van der Waals surface area contributed by atoms with Crippen molar-refractivity contribution in [3.05, 3.63) is 53.1 Å². The summed E-state index contributed by atoms with van der Waals surface area (Å²) in [5.74, 6) is 0.383. The van der Waals surface area contributed by atoms with E-state index in [2.05, 4.69) is 0 Å². The maximum absolute atomic E-state index is 12.1. The average molecular weight is 286 g/mol. The van der Waals surface area contributed by atoms with Crippen LogP contribution >= 0.6 is 0 Å². The molecule has 0 spiro atoms. The highest BCUT2D eigenvalue weighted by molar-refractivity contribution is 5.98. The smallest absolute Gasteiger partial charge is 0.166 e. The molecule has 0 bridgehead atoms. The van der Waals surface area contributed by atoms with Crippen molar-refractivity contribution in [2.75, 3.05) is 7.11 Å². The van der Waals surface area contributed by atoms with E-state index >= 15 is 0 Å². The van der Waals surface area contributed by atoms with Crippen LogP contribution in [0.4, 0.5) is 0 Å². The van der Waals surface area contributed by atoms with E-state index < -0.39 is 0 Å². The van der Waals surface area contributed by atoms with E-state index in [-0.39, 0.29) is 29.3 Å². The summed E-state index contributed by atoms with van der Waals surface area (Å²) in [7, 11) is 1.62. The van der Waals surface area contributed by atoms with E-state index in [0.717, 1.165) is 16.9 Å². The average Bonchev–Trinajstić information content (AvgIpc) is 2.46. The normalized spacial score (nSPS) is 10.4. The van der Waals surface area contributed by atoms with Crippen molar-refractivity contribution in [1.29, 1.82) is 0 Å². The van der Waals surface area contributed by atoms with Crippen molar-refractivity contribution in [2.24, 2.45) is 0 Å². The fourth-order valence-corrected chi connectivity index (χ4v) is 2.17. The molecule has 2 rings (SSSR count). The SMILES string of the molecule is COc1cc(CCC(=O)c2ccc(O)cc2O)ccc1C. The van der Waals surface area contributed by atoms with Crippen molar-refractivity contribution in [3.63, 3.8) is 0 Å². The molecule has 0 unspecified atom stereocenters. The van der Waals surface area contributed by atoms with E-state index in [1.165, 1.54) is 18.2 Å². The molecular weight excluding hydrogens is 268 g/mol. The first-order valence-electron chi connectivity index (χ1n) is 6.70. The number of hydrogen-bond acceptors (Lipinski definition) is 4. The highest BCUT2D eigenvalue weighted by Crippen LogP contribution is 2.25. The third-order valence-electron chi connectivity index (χ3n) is 3.39. The van der Waals surface area contributed by atoms with Gasteiger partial charge in [-0.2, -0.15) is 0 Å². The summed E-state index contributed by atoms with van der Waals surface area (Å²) in [6.45, 7) is 1.96. The molecular formula is C17H18O4. The van der Waals surface area contributed by atoms with Crippen LogP contribution in [-0.2, 0) is 6.42 Å². The number of phenols is 2. The van der Waals surface area contributed by atoms with Gasteiger partial charge in [-0.3, -0.25) is 4.79 Å². The van der Waals surface area contributed by atoms with Crippen LogP contribution in [0.3, 0.4) is 0 Å². The third-order valence-corrected chi connectivity index (χ3v) is 3.39. The van der Waals surface area contributed by atoms with Crippen molar-refractivity contribution in [1.82, 2.24) is 0 Å². The molecule has 110 valence electrons. The second-order valence-corrected chi connectivity index (χ2v) is 4.93. The molecule has 0 aliphatic carbocycles. The fourth-order valence-electron chi connectivity index (χ4n) is 2.17. The highest BCUT2D eigenvalue weighted by Gasteiger charge is 2.12. The lowest BCUT2D eigenvalue weighted by atomic mass is 10.0. The van der Waals surface area contributed by atoms with Crippen molar-refractivity contribution >= 4 is 5.78 Å². The number of aryl methyl sites for hydroxylation is 2. The van der Waals surface area contributed by atoms with Gasteiger partial charge in [-0.1, -0.05) is 12.1 Å². The van der Waals surface area contributed by atoms with E-state index in [9.17, 15) is 15.0 Å². The number of methoxy groups -OCH3 is 1. The summed E-state index contributed by atoms with van der Waals surface area (Å²) in [6.07, 6.45) is 0.848. The lowest BCUT2D eigenvalue weighted by Crippen LogP contribution is -2.02. The number of aromatic hydroxyl groups is 2. The van der Waals surface area contributed by atoms with Crippen LogP contribution in [0.2, 0.25) is 0 Å². The zero-order valence-corrected chi connectivity index (χ0v) is 12.1. The quantitative estimate of drug-likeness (QED) is 0.828. The van der Waals surface area contributed by atoms with Gasteiger partial charge in [-0.25, -0.2) is 0 Å². The van der Waals surface area contributed by atoms with Crippen LogP contribution in [-0.4, -0.2) is 23.1 Å². The predicted octanol–water partition coefficient (Wildman–Crippen LogP) is 3.23. The van der Waals surface area contributed by atoms with Gasteiger partial charge in [0.15, 0.2) is 5.78 Å². The molecule has 21 heavy (non-hydrogen) atoms. The molecule has 4 nitrogen and oxygen atoms in total. The Morgan fingerprint density at radius 2 is 1.90 bits per heavy atom. The lowest BCUT2D eigenvalue weighted by Gasteiger charge is -2.08. The molecule has 0 radical (unpaired) electrons. The third kappa shape index (κ3) is 3.54. The zero-order chi connectivity index (χ0) is 15.4. The van der Waals surface area contributed by atoms with Crippen molar-refractivity contribution in [3.8, 4) is 17.2 Å². The van der Waals surface area contributed by atoms with Crippen LogP contribution < -0.4 is 4.74 Å². The number of benzene rings is 2. The van der Waals surface area contributed by atoms with E-state index in [1.807, 2.05) is 25.1 Å². The van der Waals surface area contributed by atoms with Crippen LogP contribution in [0.1, 0.15) is 27.9 Å². The summed E-state index contributed by atoms with van der Waals surface area (Å²) in [4.78, 5) is 12.1. The molecule has 0 heterocycles. The Balaban J connectivity index is 2.07. The molecule has 0 saturated heterocycles. The van der Waals surface area contributed by atoms with Crippen LogP contribution in [0.5, 0.6) is 17.2 Å². The summed E-state index contributed by atoms with van der Waals surface area (Å²) >= 11 is 0. The van der Waals surface area contributed by atoms with Gasteiger partial charge in [0, 0.05) is 12.5 Å². The van der Waals surface area contributed by atoms with Gasteiger partial charge < -0.3 is 14.9 Å². The maximum atomic E-state index is 12.1. The molecule has 0 atom stereocenters. The van der Waals surface area contributed by atoms with Crippen molar-refractivity contribution < 1.29 is 19.7 Å². The maximum Gasteiger partial charge on any atom is 0.166 e. The number of rotatable bonds is 5. The van der Waals surface area contributed by atoms with Crippen LogP contribution in [0.15, 0.2) is 36.4 Å². The van der Waals surface area contributed by atoms with Gasteiger partial charge >= 0.3 is 0 Å². The number of ketones is 1. The Kier molecular flexibility index (Phi) is 4.48. The Hall–Kier alpha value is -2.49. The second kappa shape index (κ2) is 6.31. The summed E-state index contributed by atoms with van der Waals surface area (Å²) in [5.41, 5.74) is 2.28. The molecule has 2 N–H and O–H groups in total. The Morgan fingerprint density at radius 1 is 1.14 bits per heavy atom. The van der Waals surface area contributed by atoms with Crippen LogP contribution in [0, 0.1) is 6.92 Å². The minimum Gasteiger partial charge on any atom is -0.508 e. The zero-order valence-electron chi connectivity index (χ0n) is 12.1. The van der Waals surface area contributed by atoms with E-state index in [0.29, 0.717) is 6.42 Å². The summed E-state index contributed by atoms with van der Waals surface area (Å²) in [6, 6.07) is 9.82. The Bertz CT molecular complexity index is 662. The first-order chi connectivity index (χ1) is 10.0. The number of phenolic OH excluding ortho intramolecular Hbond substituents is 2. The summed E-state index contributed by atoms with van der Waals surface area (Å²) < 4.78 is 5.26. The molecule has 4 heteroatoms.